The quantitative estimate of drug-likeness (QED) is 0.848. The number of hydrogen-bond acceptors (Lipinski definition) is 4. The van der Waals surface area contributed by atoms with Crippen LogP contribution in [0, 0.1) is 5.41 Å². The lowest BCUT2D eigenvalue weighted by Crippen LogP contribution is -2.48. The lowest BCUT2D eigenvalue weighted by molar-refractivity contribution is -0.134. The van der Waals surface area contributed by atoms with Crippen LogP contribution in [0.25, 0.3) is 0 Å². The highest BCUT2D eigenvalue weighted by atomic mass is 32.1. The smallest absolute Gasteiger partial charge is 0.226 e. The van der Waals surface area contributed by atoms with E-state index in [1.165, 1.54) is 0 Å². The average molecular weight is 295 g/mol. The molecule has 0 bridgehead atoms. The van der Waals surface area contributed by atoms with Crippen molar-refractivity contribution >= 4 is 17.2 Å². The zero-order chi connectivity index (χ0) is 14.4. The molecule has 0 saturated carbocycles. The molecule has 20 heavy (non-hydrogen) atoms. The van der Waals surface area contributed by atoms with Gasteiger partial charge in [-0.2, -0.15) is 0 Å². The Hall–Kier alpha value is -0.940. The summed E-state index contributed by atoms with van der Waals surface area (Å²) < 4.78 is 0. The van der Waals surface area contributed by atoms with E-state index >= 15 is 0 Å². The van der Waals surface area contributed by atoms with E-state index in [1.54, 1.807) is 17.5 Å². The first kappa shape index (κ1) is 15.4. The number of thiazole rings is 1. The summed E-state index contributed by atoms with van der Waals surface area (Å²) >= 11 is 1.62. The van der Waals surface area contributed by atoms with Crippen molar-refractivity contribution in [2.75, 3.05) is 13.1 Å². The Morgan fingerprint density at radius 1 is 1.50 bits per heavy atom. The molecule has 2 rings (SSSR count). The van der Waals surface area contributed by atoms with Crippen LogP contribution in [-0.4, -0.2) is 24.0 Å². The number of rotatable bonds is 6. The monoisotopic (exact) mass is 295 g/mol. The second-order valence-electron chi connectivity index (χ2n) is 5.58. The Balaban J connectivity index is 2.07. The van der Waals surface area contributed by atoms with Crippen molar-refractivity contribution < 1.29 is 4.79 Å². The van der Waals surface area contributed by atoms with Crippen LogP contribution in [0.15, 0.2) is 11.6 Å². The third kappa shape index (κ3) is 3.38. The maximum atomic E-state index is 12.8. The van der Waals surface area contributed by atoms with Crippen molar-refractivity contribution in [3.63, 3.8) is 0 Å². The summed E-state index contributed by atoms with van der Waals surface area (Å²) in [6.07, 6.45) is 6.62. The molecule has 4 nitrogen and oxygen atoms in total. The second kappa shape index (κ2) is 7.18. The van der Waals surface area contributed by atoms with Gasteiger partial charge in [0.2, 0.25) is 5.91 Å². The van der Waals surface area contributed by atoms with Crippen LogP contribution >= 0.6 is 11.3 Å². The standard InChI is InChI=1S/C15H25N3OS/c1-3-5-15(6-8-16-9-7-15)14(19)18-12(4-2)13-17-10-11-20-13/h10-12,16H,3-9H2,1-2H3,(H,18,19). The van der Waals surface area contributed by atoms with Gasteiger partial charge < -0.3 is 10.6 Å². The van der Waals surface area contributed by atoms with Gasteiger partial charge in [0.1, 0.15) is 5.01 Å². The minimum Gasteiger partial charge on any atom is -0.346 e. The fourth-order valence-electron chi connectivity index (χ4n) is 3.03. The first-order chi connectivity index (χ1) is 9.72. The van der Waals surface area contributed by atoms with E-state index in [2.05, 4.69) is 29.5 Å². The predicted octanol–water partition coefficient (Wildman–Crippen LogP) is 2.88. The van der Waals surface area contributed by atoms with Gasteiger partial charge in [0.25, 0.3) is 0 Å². The predicted molar refractivity (Wildman–Crippen MR) is 82.7 cm³/mol. The number of amides is 1. The van der Waals surface area contributed by atoms with Gasteiger partial charge in [-0.3, -0.25) is 4.79 Å². The molecule has 1 aliphatic rings. The molecule has 0 aliphatic carbocycles. The van der Waals surface area contributed by atoms with E-state index in [-0.39, 0.29) is 17.4 Å². The summed E-state index contributed by atoms with van der Waals surface area (Å²) in [4.78, 5) is 17.2. The van der Waals surface area contributed by atoms with E-state index in [0.29, 0.717) is 0 Å². The number of nitrogens with zero attached hydrogens (tertiary/aromatic N) is 1. The van der Waals surface area contributed by atoms with E-state index in [1.807, 2.05) is 5.38 Å². The van der Waals surface area contributed by atoms with Crippen LogP contribution in [-0.2, 0) is 4.79 Å². The van der Waals surface area contributed by atoms with E-state index in [9.17, 15) is 4.79 Å². The summed E-state index contributed by atoms with van der Waals surface area (Å²) in [5, 5.41) is 9.59. The number of aromatic nitrogens is 1. The van der Waals surface area contributed by atoms with E-state index in [0.717, 1.165) is 50.2 Å². The normalized spacial score (nSPS) is 19.5. The Kier molecular flexibility index (Phi) is 5.54. The Bertz CT molecular complexity index is 407. The van der Waals surface area contributed by atoms with Gasteiger partial charge >= 0.3 is 0 Å². The molecular formula is C15H25N3OS. The van der Waals surface area contributed by atoms with Crippen molar-refractivity contribution in [3.8, 4) is 0 Å². The van der Waals surface area contributed by atoms with Gasteiger partial charge in [0.05, 0.1) is 11.5 Å². The third-order valence-electron chi connectivity index (χ3n) is 4.23. The molecule has 1 unspecified atom stereocenters. The number of carbonyl (C=O) groups is 1. The average Bonchev–Trinajstić information content (AvgIpc) is 2.99. The third-order valence-corrected chi connectivity index (χ3v) is 5.12. The largest absolute Gasteiger partial charge is 0.346 e. The molecule has 1 saturated heterocycles. The Morgan fingerprint density at radius 2 is 2.25 bits per heavy atom. The summed E-state index contributed by atoms with van der Waals surface area (Å²) in [5.74, 6) is 0.225. The van der Waals surface area contributed by atoms with Gasteiger partial charge in [-0.15, -0.1) is 11.3 Å². The SMILES string of the molecule is CCCC1(C(=O)NC(CC)c2nccs2)CCNCC1. The van der Waals surface area contributed by atoms with E-state index < -0.39 is 0 Å². The zero-order valence-corrected chi connectivity index (χ0v) is 13.3. The maximum Gasteiger partial charge on any atom is 0.226 e. The fraction of sp³-hybridized carbons (Fsp3) is 0.733. The molecule has 1 aromatic rings. The second-order valence-corrected chi connectivity index (χ2v) is 6.51. The maximum absolute atomic E-state index is 12.8. The number of carbonyl (C=O) groups excluding carboxylic acids is 1. The van der Waals surface area contributed by atoms with Gasteiger partial charge in [0, 0.05) is 11.6 Å². The molecular weight excluding hydrogens is 270 g/mol. The van der Waals surface area contributed by atoms with Crippen LogP contribution in [0.1, 0.15) is 57.0 Å². The number of hydrogen-bond donors (Lipinski definition) is 2. The molecule has 1 aliphatic heterocycles. The van der Waals surface area contributed by atoms with Gasteiger partial charge in [-0.25, -0.2) is 4.98 Å². The summed E-state index contributed by atoms with van der Waals surface area (Å²) in [6.45, 7) is 6.15. The molecule has 0 aromatic carbocycles. The van der Waals surface area contributed by atoms with Crippen molar-refractivity contribution in [2.24, 2.45) is 5.41 Å². The van der Waals surface area contributed by atoms with Crippen LogP contribution < -0.4 is 10.6 Å². The van der Waals surface area contributed by atoms with Crippen LogP contribution in [0.4, 0.5) is 0 Å². The zero-order valence-electron chi connectivity index (χ0n) is 12.4. The molecule has 0 spiro atoms. The summed E-state index contributed by atoms with van der Waals surface area (Å²) in [5.41, 5.74) is -0.176. The van der Waals surface area contributed by atoms with Crippen LogP contribution in [0.2, 0.25) is 0 Å². The molecule has 1 aromatic heterocycles. The van der Waals surface area contributed by atoms with Gasteiger partial charge in [-0.05, 0) is 38.8 Å². The molecule has 0 radical (unpaired) electrons. The van der Waals surface area contributed by atoms with Crippen molar-refractivity contribution in [3.05, 3.63) is 16.6 Å². The van der Waals surface area contributed by atoms with Crippen molar-refractivity contribution in [2.45, 2.75) is 52.0 Å². The molecule has 1 amide bonds. The van der Waals surface area contributed by atoms with Crippen LogP contribution in [0.5, 0.6) is 0 Å². The van der Waals surface area contributed by atoms with Crippen molar-refractivity contribution in [1.29, 1.82) is 0 Å². The van der Waals surface area contributed by atoms with E-state index in [4.69, 9.17) is 0 Å². The highest BCUT2D eigenvalue weighted by Crippen LogP contribution is 2.35. The molecule has 2 N–H and O–H groups in total. The van der Waals surface area contributed by atoms with Gasteiger partial charge in [-0.1, -0.05) is 20.3 Å². The number of piperidine rings is 1. The highest BCUT2D eigenvalue weighted by molar-refractivity contribution is 7.09. The Morgan fingerprint density at radius 3 is 2.80 bits per heavy atom. The van der Waals surface area contributed by atoms with Crippen LogP contribution in [0.3, 0.4) is 0 Å². The Labute approximate surface area is 125 Å². The first-order valence-corrected chi connectivity index (χ1v) is 8.51. The lowest BCUT2D eigenvalue weighted by atomic mass is 9.74. The summed E-state index contributed by atoms with van der Waals surface area (Å²) in [7, 11) is 0. The molecule has 2 heterocycles. The lowest BCUT2D eigenvalue weighted by Gasteiger charge is -2.37. The first-order valence-electron chi connectivity index (χ1n) is 7.63. The molecule has 1 fully saturated rings. The number of nitrogens with one attached hydrogen (secondary N) is 2. The minimum absolute atomic E-state index is 0.0612. The fourth-order valence-corrected chi connectivity index (χ4v) is 3.80. The van der Waals surface area contributed by atoms with Crippen molar-refractivity contribution in [1.82, 2.24) is 15.6 Å². The minimum atomic E-state index is -0.176. The molecule has 1 atom stereocenters. The highest BCUT2D eigenvalue weighted by Gasteiger charge is 2.39. The molecule has 112 valence electrons. The molecule has 5 heteroatoms. The van der Waals surface area contributed by atoms with Gasteiger partial charge in [0.15, 0.2) is 0 Å². The topological polar surface area (TPSA) is 54.0 Å². The summed E-state index contributed by atoms with van der Waals surface area (Å²) in [6, 6.07) is 0.0612.